The van der Waals surface area contributed by atoms with Crippen LogP contribution in [0.25, 0.3) is 15.5 Å². The first-order valence-electron chi connectivity index (χ1n) is 4.37. The fourth-order valence-electron chi connectivity index (χ4n) is 1.82. The van der Waals surface area contributed by atoms with E-state index < -0.39 is 0 Å². The number of hydrogen-bond donors (Lipinski definition) is 0. The molecule has 0 nitrogen and oxygen atoms in total. The van der Waals surface area contributed by atoms with Crippen molar-refractivity contribution in [2.45, 2.75) is 12.8 Å². The molecule has 3 heteroatoms. The van der Waals surface area contributed by atoms with Crippen LogP contribution in [-0.4, -0.2) is 0 Å². The smallest absolute Gasteiger partial charge is 0.0463 e. The second-order valence-electron chi connectivity index (χ2n) is 3.33. The van der Waals surface area contributed by atoms with Crippen LogP contribution in [-0.2, 0) is 32.7 Å². The maximum absolute atomic E-state index is 2.27. The number of thiophene rings is 2. The third kappa shape index (κ3) is 1.53. The molecule has 2 aromatic rings. The number of rotatable bonds is 0. The first-order chi connectivity index (χ1) is 6.36. The Balaban J connectivity index is 0.000000750. The van der Waals surface area contributed by atoms with Gasteiger partial charge in [0.1, 0.15) is 0 Å². The van der Waals surface area contributed by atoms with Crippen LogP contribution in [0.1, 0.15) is 23.3 Å². The van der Waals surface area contributed by atoms with Crippen LogP contribution in [0.2, 0.25) is 0 Å². The SMILES string of the molecule is CC1[CH-]C=Cc2sc3ccsc3c21.[Y]. The molecule has 3 rings (SSSR count). The van der Waals surface area contributed by atoms with Gasteiger partial charge in [0, 0.05) is 42.1 Å². The van der Waals surface area contributed by atoms with Gasteiger partial charge >= 0.3 is 0 Å². The Morgan fingerprint density at radius 3 is 3.14 bits per heavy atom. The summed E-state index contributed by atoms with van der Waals surface area (Å²) in [6.45, 7) is 2.27. The van der Waals surface area contributed by atoms with E-state index in [0.717, 1.165) is 0 Å². The van der Waals surface area contributed by atoms with Crippen molar-refractivity contribution in [1.82, 2.24) is 0 Å². The summed E-state index contributed by atoms with van der Waals surface area (Å²) >= 11 is 3.78. The average molecular weight is 294 g/mol. The van der Waals surface area contributed by atoms with Gasteiger partial charge in [0.15, 0.2) is 0 Å². The summed E-state index contributed by atoms with van der Waals surface area (Å²) in [7, 11) is 0. The van der Waals surface area contributed by atoms with Gasteiger partial charge < -0.3 is 0 Å². The first kappa shape index (κ1) is 10.9. The van der Waals surface area contributed by atoms with Crippen LogP contribution in [0.5, 0.6) is 0 Å². The number of hydrogen-bond acceptors (Lipinski definition) is 2. The zero-order valence-corrected chi connectivity index (χ0v) is 12.3. The van der Waals surface area contributed by atoms with Crippen molar-refractivity contribution in [3.63, 3.8) is 0 Å². The summed E-state index contributed by atoms with van der Waals surface area (Å²) in [5, 5.41) is 2.19. The van der Waals surface area contributed by atoms with Crippen LogP contribution in [0.3, 0.4) is 0 Å². The molecule has 1 aliphatic rings. The van der Waals surface area contributed by atoms with E-state index in [1.807, 2.05) is 22.7 Å². The molecule has 0 amide bonds. The van der Waals surface area contributed by atoms with Gasteiger partial charge in [-0.15, -0.1) is 11.3 Å². The van der Waals surface area contributed by atoms with Gasteiger partial charge in [-0.2, -0.15) is 17.4 Å². The molecule has 2 heterocycles. The first-order valence-corrected chi connectivity index (χ1v) is 6.07. The zero-order valence-electron chi connectivity index (χ0n) is 7.86. The minimum absolute atomic E-state index is 0. The molecule has 1 unspecified atom stereocenters. The molecule has 69 valence electrons. The monoisotopic (exact) mass is 294 g/mol. The fourth-order valence-corrected chi connectivity index (χ4v) is 4.31. The molecule has 0 fully saturated rings. The van der Waals surface area contributed by atoms with E-state index in [4.69, 9.17) is 0 Å². The number of fused-ring (bicyclic) bond motifs is 3. The molecular weight excluding hydrogens is 285 g/mol. The van der Waals surface area contributed by atoms with Crippen LogP contribution in [0, 0.1) is 6.42 Å². The Hall–Kier alpha value is 0.374. The van der Waals surface area contributed by atoms with E-state index in [1.54, 1.807) is 0 Å². The number of allylic oxidation sites excluding steroid dienone is 1. The van der Waals surface area contributed by atoms with Crippen molar-refractivity contribution >= 4 is 38.1 Å². The van der Waals surface area contributed by atoms with Crippen molar-refractivity contribution in [2.75, 3.05) is 0 Å². The largest absolute Gasteiger partial charge is 0.226 e. The van der Waals surface area contributed by atoms with Gasteiger partial charge in [0.25, 0.3) is 0 Å². The normalized spacial score (nSPS) is 18.8. The molecule has 1 atom stereocenters. The molecule has 1 radical (unpaired) electrons. The molecule has 0 spiro atoms. The standard InChI is InChI=1S/C11H9S2.Y/c1-7-3-2-4-8-10(7)11-9(13-8)5-6-12-11;/h2-7H,1H3;/q-1;. The van der Waals surface area contributed by atoms with E-state index >= 15 is 0 Å². The van der Waals surface area contributed by atoms with Gasteiger partial charge in [-0.1, -0.05) is 12.8 Å². The Labute approximate surface area is 117 Å². The topological polar surface area (TPSA) is 0 Å². The molecule has 2 aromatic heterocycles. The predicted octanol–water partition coefficient (Wildman–Crippen LogP) is 4.29. The Morgan fingerprint density at radius 2 is 2.29 bits per heavy atom. The third-order valence-electron chi connectivity index (χ3n) is 2.46. The van der Waals surface area contributed by atoms with E-state index in [2.05, 4.69) is 36.9 Å². The van der Waals surface area contributed by atoms with E-state index in [-0.39, 0.29) is 32.7 Å². The van der Waals surface area contributed by atoms with Gasteiger partial charge in [-0.25, -0.2) is 12.5 Å². The second kappa shape index (κ2) is 4.09. The average Bonchev–Trinajstić information content (AvgIpc) is 2.62. The Bertz CT molecular complexity index is 478. The van der Waals surface area contributed by atoms with E-state index in [1.165, 1.54) is 19.8 Å². The van der Waals surface area contributed by atoms with Crippen molar-refractivity contribution in [3.8, 4) is 0 Å². The molecule has 0 saturated heterocycles. The van der Waals surface area contributed by atoms with Gasteiger partial charge in [0.05, 0.1) is 0 Å². The van der Waals surface area contributed by atoms with Crippen LogP contribution >= 0.6 is 22.7 Å². The minimum Gasteiger partial charge on any atom is -0.226 e. The van der Waals surface area contributed by atoms with Crippen molar-refractivity contribution < 1.29 is 32.7 Å². The third-order valence-corrected chi connectivity index (χ3v) is 4.67. The van der Waals surface area contributed by atoms with Crippen molar-refractivity contribution in [2.24, 2.45) is 0 Å². The molecule has 0 bridgehead atoms. The summed E-state index contributed by atoms with van der Waals surface area (Å²) < 4.78 is 2.94. The van der Waals surface area contributed by atoms with Crippen LogP contribution in [0.4, 0.5) is 0 Å². The van der Waals surface area contributed by atoms with Gasteiger partial charge in [-0.05, 0) is 21.9 Å². The van der Waals surface area contributed by atoms with Crippen LogP contribution < -0.4 is 0 Å². The molecule has 0 N–H and O–H groups in total. The maximum atomic E-state index is 2.27. The summed E-state index contributed by atoms with van der Waals surface area (Å²) in [4.78, 5) is 1.46. The van der Waals surface area contributed by atoms with Gasteiger partial charge in [0.2, 0.25) is 0 Å². The summed E-state index contributed by atoms with van der Waals surface area (Å²) in [5.74, 6) is 0.590. The molecule has 0 saturated carbocycles. The van der Waals surface area contributed by atoms with Gasteiger partial charge in [-0.3, -0.25) is 0 Å². The molecule has 14 heavy (non-hydrogen) atoms. The minimum atomic E-state index is 0. The second-order valence-corrected chi connectivity index (χ2v) is 5.33. The summed E-state index contributed by atoms with van der Waals surface area (Å²) in [6, 6.07) is 2.23. The summed E-state index contributed by atoms with van der Waals surface area (Å²) in [6.07, 6.45) is 6.67. The Morgan fingerprint density at radius 1 is 1.43 bits per heavy atom. The van der Waals surface area contributed by atoms with E-state index in [0.29, 0.717) is 5.92 Å². The Kier molecular flexibility index (Phi) is 3.18. The molecule has 0 aromatic carbocycles. The fraction of sp³-hybridized carbons (Fsp3) is 0.182. The summed E-state index contributed by atoms with van der Waals surface area (Å²) in [5.41, 5.74) is 1.54. The zero-order chi connectivity index (χ0) is 8.84. The molecular formula is C11H9S2Y-. The van der Waals surface area contributed by atoms with Crippen molar-refractivity contribution in [1.29, 1.82) is 0 Å². The predicted molar refractivity (Wildman–Crippen MR) is 61.5 cm³/mol. The van der Waals surface area contributed by atoms with E-state index in [9.17, 15) is 0 Å². The molecule has 1 aliphatic carbocycles. The maximum Gasteiger partial charge on any atom is 0.0463 e. The van der Waals surface area contributed by atoms with Crippen LogP contribution in [0.15, 0.2) is 17.5 Å². The molecule has 0 aliphatic heterocycles. The van der Waals surface area contributed by atoms with Crippen molar-refractivity contribution in [3.05, 3.63) is 34.4 Å². The quantitative estimate of drug-likeness (QED) is 0.636.